The largest absolute Gasteiger partial charge is 0.352 e. The molecule has 0 aromatic carbocycles. The Bertz CT molecular complexity index is 303. The van der Waals surface area contributed by atoms with Crippen molar-refractivity contribution in [1.82, 2.24) is 15.5 Å². The van der Waals surface area contributed by atoms with Crippen LogP contribution in [-0.2, 0) is 0 Å². The molecule has 0 spiro atoms. The second-order valence-electron chi connectivity index (χ2n) is 2.81. The highest BCUT2D eigenvalue weighted by Gasteiger charge is 2.30. The third kappa shape index (κ3) is 1.17. The molecule has 0 saturated heterocycles. The molecule has 0 radical (unpaired) electrons. The molecule has 0 aliphatic heterocycles. The van der Waals surface area contributed by atoms with Gasteiger partial charge in [-0.25, -0.2) is 0 Å². The monoisotopic (exact) mass is 167 g/mol. The van der Waals surface area contributed by atoms with E-state index >= 15 is 0 Å². The van der Waals surface area contributed by atoms with E-state index in [0.29, 0.717) is 11.8 Å². The molecule has 0 atom stereocenters. The summed E-state index contributed by atoms with van der Waals surface area (Å²) in [6.07, 6.45) is 2.19. The molecule has 0 unspecified atom stereocenters. The highest BCUT2D eigenvalue weighted by atomic mass is 16.5. The summed E-state index contributed by atoms with van der Waals surface area (Å²) in [6, 6.07) is 0. The fourth-order valence-electron chi connectivity index (χ4n) is 0.935. The third-order valence-corrected chi connectivity index (χ3v) is 1.80. The average Bonchev–Trinajstić information content (AvgIpc) is 2.83. The first-order valence-corrected chi connectivity index (χ1v) is 3.87. The lowest BCUT2D eigenvalue weighted by Gasteiger charge is -1.87. The number of hydrogen-bond donors (Lipinski definition) is 1. The molecule has 1 fully saturated rings. The van der Waals surface area contributed by atoms with Crippen LogP contribution in [0.4, 0.5) is 0 Å². The van der Waals surface area contributed by atoms with Crippen molar-refractivity contribution in [3.05, 3.63) is 11.7 Å². The zero-order valence-corrected chi connectivity index (χ0v) is 6.70. The van der Waals surface area contributed by atoms with E-state index < -0.39 is 0 Å². The topological polar surface area (TPSA) is 68.0 Å². The van der Waals surface area contributed by atoms with Crippen LogP contribution in [0, 0.1) is 0 Å². The van der Waals surface area contributed by atoms with Crippen LogP contribution in [0.2, 0.25) is 0 Å². The Morgan fingerprint density at radius 1 is 1.67 bits per heavy atom. The van der Waals surface area contributed by atoms with Crippen molar-refractivity contribution >= 4 is 5.91 Å². The van der Waals surface area contributed by atoms with Gasteiger partial charge in [0.1, 0.15) is 0 Å². The molecule has 5 heteroatoms. The summed E-state index contributed by atoms with van der Waals surface area (Å²) in [5.74, 6) is 0.814. The van der Waals surface area contributed by atoms with Crippen molar-refractivity contribution in [2.75, 3.05) is 7.05 Å². The lowest BCUT2D eigenvalue weighted by molar-refractivity contribution is 0.0950. The molecule has 1 N–H and O–H groups in total. The molecule has 1 amide bonds. The maximum Gasteiger partial charge on any atom is 0.292 e. The van der Waals surface area contributed by atoms with Gasteiger partial charge in [-0.15, -0.1) is 0 Å². The molecule has 1 aliphatic carbocycles. The summed E-state index contributed by atoms with van der Waals surface area (Å²) >= 11 is 0. The first kappa shape index (κ1) is 7.27. The van der Waals surface area contributed by atoms with Crippen LogP contribution < -0.4 is 5.32 Å². The molecule has 12 heavy (non-hydrogen) atoms. The Labute approximate surface area is 69.1 Å². The van der Waals surface area contributed by atoms with Gasteiger partial charge in [0.25, 0.3) is 11.7 Å². The van der Waals surface area contributed by atoms with Gasteiger partial charge >= 0.3 is 0 Å². The van der Waals surface area contributed by atoms with Crippen LogP contribution in [0.5, 0.6) is 0 Å². The van der Waals surface area contributed by atoms with Crippen LogP contribution in [-0.4, -0.2) is 23.1 Å². The van der Waals surface area contributed by atoms with Crippen LogP contribution in [0.15, 0.2) is 4.52 Å². The number of carbonyl (C=O) groups is 1. The van der Waals surface area contributed by atoms with Gasteiger partial charge in [-0.05, 0) is 12.8 Å². The van der Waals surface area contributed by atoms with Crippen molar-refractivity contribution in [1.29, 1.82) is 0 Å². The van der Waals surface area contributed by atoms with E-state index in [1.165, 1.54) is 7.05 Å². The maximum absolute atomic E-state index is 11.0. The van der Waals surface area contributed by atoms with Crippen molar-refractivity contribution in [2.24, 2.45) is 0 Å². The van der Waals surface area contributed by atoms with Crippen molar-refractivity contribution < 1.29 is 9.32 Å². The minimum atomic E-state index is -0.300. The summed E-state index contributed by atoms with van der Waals surface area (Å²) in [7, 11) is 1.54. The Hall–Kier alpha value is -1.39. The van der Waals surface area contributed by atoms with Gasteiger partial charge in [0, 0.05) is 13.0 Å². The van der Waals surface area contributed by atoms with Crippen LogP contribution in [0.1, 0.15) is 35.3 Å². The normalized spacial score (nSPS) is 16.1. The van der Waals surface area contributed by atoms with Gasteiger partial charge < -0.3 is 9.84 Å². The molecular formula is C7H9N3O2. The predicted molar refractivity (Wildman–Crippen MR) is 39.7 cm³/mol. The van der Waals surface area contributed by atoms with Gasteiger partial charge in [-0.1, -0.05) is 5.16 Å². The van der Waals surface area contributed by atoms with E-state index in [2.05, 4.69) is 15.5 Å². The van der Waals surface area contributed by atoms with E-state index in [4.69, 9.17) is 4.52 Å². The van der Waals surface area contributed by atoms with Crippen molar-refractivity contribution in [3.8, 4) is 0 Å². The fraction of sp³-hybridized carbons (Fsp3) is 0.571. The first-order valence-electron chi connectivity index (χ1n) is 3.87. The predicted octanol–water partition coefficient (Wildman–Crippen LogP) is 0.307. The Kier molecular flexibility index (Phi) is 1.56. The van der Waals surface area contributed by atoms with E-state index in [1.54, 1.807) is 0 Å². The SMILES string of the molecule is CNC(=O)c1noc(C2CC2)n1. The van der Waals surface area contributed by atoms with Gasteiger partial charge in [0.15, 0.2) is 0 Å². The van der Waals surface area contributed by atoms with Gasteiger partial charge in [0.05, 0.1) is 0 Å². The molecule has 1 saturated carbocycles. The second-order valence-corrected chi connectivity index (χ2v) is 2.81. The highest BCUT2D eigenvalue weighted by Crippen LogP contribution is 2.38. The van der Waals surface area contributed by atoms with E-state index in [9.17, 15) is 4.79 Å². The lowest BCUT2D eigenvalue weighted by Crippen LogP contribution is -2.19. The molecule has 1 aromatic rings. The lowest BCUT2D eigenvalue weighted by atomic mass is 10.4. The standard InChI is InChI=1S/C7H9N3O2/c1-8-6(11)5-9-7(12-10-5)4-2-3-4/h4H,2-3H2,1H3,(H,8,11). The smallest absolute Gasteiger partial charge is 0.292 e. The third-order valence-electron chi connectivity index (χ3n) is 1.80. The van der Waals surface area contributed by atoms with Gasteiger partial charge in [-0.3, -0.25) is 4.79 Å². The van der Waals surface area contributed by atoms with Gasteiger partial charge in [-0.2, -0.15) is 4.98 Å². The zero-order chi connectivity index (χ0) is 8.55. The molecule has 1 aliphatic rings. The molecule has 5 nitrogen and oxygen atoms in total. The molecule has 0 bridgehead atoms. The van der Waals surface area contributed by atoms with E-state index in [1.807, 2.05) is 0 Å². The fourth-order valence-corrected chi connectivity index (χ4v) is 0.935. The zero-order valence-electron chi connectivity index (χ0n) is 6.70. The highest BCUT2D eigenvalue weighted by molar-refractivity contribution is 5.89. The molecular weight excluding hydrogens is 158 g/mol. The summed E-state index contributed by atoms with van der Waals surface area (Å²) in [4.78, 5) is 14.9. The minimum absolute atomic E-state index is 0.124. The molecule has 1 heterocycles. The van der Waals surface area contributed by atoms with Crippen LogP contribution in [0.3, 0.4) is 0 Å². The summed E-state index contributed by atoms with van der Waals surface area (Å²) in [5, 5.41) is 5.98. The number of amides is 1. The number of nitrogens with zero attached hydrogens (tertiary/aromatic N) is 2. The maximum atomic E-state index is 11.0. The summed E-state index contributed by atoms with van der Waals surface area (Å²) in [6.45, 7) is 0. The van der Waals surface area contributed by atoms with Crippen LogP contribution in [0.25, 0.3) is 0 Å². The summed E-state index contributed by atoms with van der Waals surface area (Å²) in [5.41, 5.74) is 0. The van der Waals surface area contributed by atoms with E-state index in [0.717, 1.165) is 12.8 Å². The van der Waals surface area contributed by atoms with Crippen molar-refractivity contribution in [3.63, 3.8) is 0 Å². The summed E-state index contributed by atoms with van der Waals surface area (Å²) < 4.78 is 4.89. The number of carbonyl (C=O) groups excluding carboxylic acids is 1. The second kappa shape index (κ2) is 2.58. The van der Waals surface area contributed by atoms with Gasteiger partial charge in [0.2, 0.25) is 5.89 Å². The molecule has 1 aromatic heterocycles. The molecule has 2 rings (SSSR count). The van der Waals surface area contributed by atoms with Crippen LogP contribution >= 0.6 is 0 Å². The number of aromatic nitrogens is 2. The molecule has 64 valence electrons. The number of rotatable bonds is 2. The average molecular weight is 167 g/mol. The Balaban J connectivity index is 2.17. The van der Waals surface area contributed by atoms with E-state index in [-0.39, 0.29) is 11.7 Å². The Morgan fingerprint density at radius 3 is 3.00 bits per heavy atom. The minimum Gasteiger partial charge on any atom is -0.352 e. The first-order chi connectivity index (χ1) is 5.81. The number of nitrogens with one attached hydrogen (secondary N) is 1. The quantitative estimate of drug-likeness (QED) is 0.688. The number of hydrogen-bond acceptors (Lipinski definition) is 4. The van der Waals surface area contributed by atoms with Crippen molar-refractivity contribution in [2.45, 2.75) is 18.8 Å². The Morgan fingerprint density at radius 2 is 2.42 bits per heavy atom.